The van der Waals surface area contributed by atoms with Gasteiger partial charge in [0.05, 0.1) is 6.54 Å². The van der Waals surface area contributed by atoms with Crippen molar-refractivity contribution in [3.8, 4) is 0 Å². The fourth-order valence-electron chi connectivity index (χ4n) is 5.77. The van der Waals surface area contributed by atoms with Crippen molar-refractivity contribution in [2.45, 2.75) is 96.2 Å². The van der Waals surface area contributed by atoms with Crippen molar-refractivity contribution in [2.75, 3.05) is 39.8 Å². The van der Waals surface area contributed by atoms with Gasteiger partial charge in [-0.1, -0.05) is 52.9 Å². The summed E-state index contributed by atoms with van der Waals surface area (Å²) in [7, 11) is -2.04. The molecule has 0 spiro atoms. The monoisotopic (exact) mass is 600 g/mol. The van der Waals surface area contributed by atoms with Gasteiger partial charge in [0.25, 0.3) is 10.2 Å². The maximum absolute atomic E-state index is 13.2. The Bertz CT molecular complexity index is 1070. The van der Waals surface area contributed by atoms with Crippen molar-refractivity contribution in [1.82, 2.24) is 29.5 Å². The number of likely N-dealkylation sites (N-methyl/N-ethyl adjacent to an activating group) is 1. The number of rotatable bonds is 15. The van der Waals surface area contributed by atoms with E-state index in [-0.39, 0.29) is 24.9 Å². The average Bonchev–Trinajstić information content (AvgIpc) is 3.25. The van der Waals surface area contributed by atoms with Crippen LogP contribution in [-0.4, -0.2) is 108 Å². The minimum Gasteiger partial charge on any atom is -0.479 e. The molecule has 41 heavy (non-hydrogen) atoms. The van der Waals surface area contributed by atoms with Gasteiger partial charge in [0.15, 0.2) is 0 Å². The number of nitrogens with zero attached hydrogens (tertiary/aromatic N) is 3. The second-order valence-electron chi connectivity index (χ2n) is 12.0. The molecular formula is C27H48N6O7S. The number of hydrogen-bond acceptors (Lipinski definition) is 6. The summed E-state index contributed by atoms with van der Waals surface area (Å²) in [5.41, 5.74) is -1.26. The lowest BCUT2D eigenvalue weighted by Crippen LogP contribution is -2.55. The molecule has 0 aromatic rings. The normalized spacial score (nSPS) is 26.6. The number of carboxylic acid groups (broad SMARTS) is 1. The van der Waals surface area contributed by atoms with E-state index in [1.165, 1.54) is 20.6 Å². The Balaban J connectivity index is 1.49. The molecule has 2 saturated heterocycles. The van der Waals surface area contributed by atoms with Crippen LogP contribution in [0.2, 0.25) is 0 Å². The van der Waals surface area contributed by atoms with Crippen LogP contribution >= 0.6 is 0 Å². The molecule has 1 aliphatic carbocycles. The van der Waals surface area contributed by atoms with Crippen molar-refractivity contribution in [1.29, 1.82) is 0 Å². The summed E-state index contributed by atoms with van der Waals surface area (Å²) >= 11 is 0. The van der Waals surface area contributed by atoms with Gasteiger partial charge in [-0.3, -0.25) is 9.59 Å². The summed E-state index contributed by atoms with van der Waals surface area (Å²) in [6, 6.07) is -1.86. The van der Waals surface area contributed by atoms with E-state index in [9.17, 15) is 32.7 Å². The van der Waals surface area contributed by atoms with Gasteiger partial charge >= 0.3 is 12.0 Å². The molecule has 2 heterocycles. The number of urea groups is 1. The van der Waals surface area contributed by atoms with Crippen LogP contribution < -0.4 is 16.0 Å². The second-order valence-corrected chi connectivity index (χ2v) is 14.0. The van der Waals surface area contributed by atoms with Crippen molar-refractivity contribution in [2.24, 2.45) is 11.8 Å². The van der Waals surface area contributed by atoms with E-state index in [2.05, 4.69) is 22.9 Å². The van der Waals surface area contributed by atoms with Gasteiger partial charge in [-0.2, -0.15) is 17.0 Å². The van der Waals surface area contributed by atoms with Crippen molar-refractivity contribution < 1.29 is 32.7 Å². The Morgan fingerprint density at radius 1 is 1.05 bits per heavy atom. The summed E-state index contributed by atoms with van der Waals surface area (Å²) in [4.78, 5) is 52.3. The summed E-state index contributed by atoms with van der Waals surface area (Å²) < 4.78 is 27.4. The zero-order valence-electron chi connectivity index (χ0n) is 24.9. The number of nitrogens with one attached hydrogen (secondary N) is 3. The van der Waals surface area contributed by atoms with Gasteiger partial charge in [0.2, 0.25) is 11.8 Å². The largest absolute Gasteiger partial charge is 0.479 e. The molecule has 3 fully saturated rings. The molecule has 2 unspecified atom stereocenters. The first-order valence-corrected chi connectivity index (χ1v) is 16.3. The summed E-state index contributed by atoms with van der Waals surface area (Å²) in [5.74, 6) is -2.10. The van der Waals surface area contributed by atoms with E-state index >= 15 is 0 Å². The van der Waals surface area contributed by atoms with Crippen LogP contribution in [0.25, 0.3) is 0 Å². The van der Waals surface area contributed by atoms with Crippen LogP contribution in [-0.2, 0) is 24.6 Å². The third-order valence-corrected chi connectivity index (χ3v) is 10.6. The van der Waals surface area contributed by atoms with E-state index in [0.29, 0.717) is 38.9 Å². The Labute approximate surface area is 243 Å². The van der Waals surface area contributed by atoms with Gasteiger partial charge < -0.3 is 26.0 Å². The summed E-state index contributed by atoms with van der Waals surface area (Å²) in [6.45, 7) is 6.72. The van der Waals surface area contributed by atoms with Crippen molar-refractivity contribution in [3.05, 3.63) is 0 Å². The molecule has 4 amide bonds. The first-order chi connectivity index (χ1) is 19.3. The third-order valence-electron chi connectivity index (χ3n) is 8.67. The zero-order chi connectivity index (χ0) is 30.4. The van der Waals surface area contributed by atoms with E-state index in [0.717, 1.165) is 38.5 Å². The summed E-state index contributed by atoms with van der Waals surface area (Å²) in [5, 5.41) is 17.9. The zero-order valence-corrected chi connectivity index (χ0v) is 25.7. The maximum atomic E-state index is 13.2. The molecule has 3 aliphatic rings. The average molecular weight is 601 g/mol. The number of carbonyl (C=O) groups is 4. The molecule has 0 bridgehead atoms. The molecule has 13 nitrogen and oxygen atoms in total. The Morgan fingerprint density at radius 3 is 2.37 bits per heavy atom. The Morgan fingerprint density at radius 2 is 1.76 bits per heavy atom. The number of unbranched alkanes of at least 4 members (excludes halogenated alkanes) is 4. The number of aliphatic carboxylic acids is 1. The van der Waals surface area contributed by atoms with Crippen LogP contribution in [0, 0.1) is 11.8 Å². The molecule has 4 atom stereocenters. The van der Waals surface area contributed by atoms with Crippen LogP contribution in [0.1, 0.15) is 78.6 Å². The minimum absolute atomic E-state index is 0.0617. The van der Waals surface area contributed by atoms with Crippen LogP contribution in [0.4, 0.5) is 4.79 Å². The van der Waals surface area contributed by atoms with Crippen LogP contribution in [0.3, 0.4) is 0 Å². The lowest BCUT2D eigenvalue weighted by molar-refractivity contribution is -0.145. The number of carbonyl (C=O) groups excluding carboxylic acids is 3. The van der Waals surface area contributed by atoms with Crippen LogP contribution in [0.15, 0.2) is 0 Å². The molecule has 2 aliphatic heterocycles. The molecule has 14 heteroatoms. The topological polar surface area (TPSA) is 168 Å². The molecular weight excluding hydrogens is 552 g/mol. The molecule has 0 radical (unpaired) electrons. The highest BCUT2D eigenvalue weighted by Gasteiger charge is 2.61. The second kappa shape index (κ2) is 14.1. The van der Waals surface area contributed by atoms with Gasteiger partial charge in [-0.15, -0.1) is 0 Å². The maximum Gasteiger partial charge on any atom is 0.329 e. The first-order valence-electron chi connectivity index (χ1n) is 14.9. The van der Waals surface area contributed by atoms with E-state index < -0.39 is 51.6 Å². The van der Waals surface area contributed by atoms with Gasteiger partial charge in [-0.25, -0.2) is 9.59 Å². The Kier molecular flexibility index (Phi) is 11.4. The SMILES string of the molecule is CCCCCCCC1C[C@]1(NC(=O)[C@@H]1CCCN1C(=O)CNC(=O)NC(CN1CCN(C)S1(=O)=O)C(C)C)C(=O)O. The van der Waals surface area contributed by atoms with Gasteiger partial charge in [-0.05, 0) is 37.5 Å². The molecule has 3 rings (SSSR count). The van der Waals surface area contributed by atoms with Crippen molar-refractivity contribution >= 4 is 34.0 Å². The first kappa shape index (κ1) is 33.1. The summed E-state index contributed by atoms with van der Waals surface area (Å²) in [6.07, 6.45) is 7.57. The van der Waals surface area contributed by atoms with Gasteiger partial charge in [0.1, 0.15) is 11.6 Å². The molecule has 1 saturated carbocycles. The molecule has 0 aromatic heterocycles. The molecule has 4 N–H and O–H groups in total. The molecule has 0 aromatic carbocycles. The number of likely N-dealkylation sites (tertiary alicyclic amines) is 1. The number of amides is 4. The lowest BCUT2D eigenvalue weighted by Gasteiger charge is -2.28. The van der Waals surface area contributed by atoms with E-state index in [4.69, 9.17) is 0 Å². The van der Waals surface area contributed by atoms with E-state index in [1.54, 1.807) is 0 Å². The predicted molar refractivity (Wildman–Crippen MR) is 153 cm³/mol. The highest BCUT2D eigenvalue weighted by Crippen LogP contribution is 2.47. The third kappa shape index (κ3) is 8.10. The van der Waals surface area contributed by atoms with Crippen LogP contribution in [0.5, 0.6) is 0 Å². The quantitative estimate of drug-likeness (QED) is 0.204. The highest BCUT2D eigenvalue weighted by molar-refractivity contribution is 7.87. The molecule has 234 valence electrons. The van der Waals surface area contributed by atoms with Crippen molar-refractivity contribution in [3.63, 3.8) is 0 Å². The number of carboxylic acids is 1. The predicted octanol–water partition coefficient (Wildman–Crippen LogP) is 1.11. The fourth-order valence-corrected chi connectivity index (χ4v) is 7.13. The smallest absolute Gasteiger partial charge is 0.329 e. The fraction of sp³-hybridized carbons (Fsp3) is 0.852. The van der Waals surface area contributed by atoms with Gasteiger partial charge in [0, 0.05) is 39.3 Å². The Hall–Kier alpha value is -2.45. The highest BCUT2D eigenvalue weighted by atomic mass is 32.2. The lowest BCUT2D eigenvalue weighted by atomic mass is 10.0. The number of hydrogen-bond donors (Lipinski definition) is 4. The minimum atomic E-state index is -3.55. The van der Waals surface area contributed by atoms with E-state index in [1.807, 2.05) is 13.8 Å². The standard InChI is InChI=1S/C27H48N6O7S/c1-5-6-7-8-9-11-20-16-27(20,25(36)37)30-24(35)22-12-10-13-33(22)23(34)17-28-26(38)29-21(19(2)3)18-32-15-14-31(4)41(32,39)40/h19-22H,5-18H2,1-4H3,(H,30,35)(H,36,37)(H2,28,29,38)/t20?,21?,22-,27+/m0/s1.